The summed E-state index contributed by atoms with van der Waals surface area (Å²) in [6.07, 6.45) is 5.98. The van der Waals surface area contributed by atoms with Crippen LogP contribution in [0, 0.1) is 22.7 Å². The molecular formula is C20H35ClO4. The Hall–Kier alpha value is 0.130. The second kappa shape index (κ2) is 6.34. The van der Waals surface area contributed by atoms with Crippen LogP contribution in [-0.2, 0) is 4.74 Å². The number of ether oxygens (including phenoxy) is 1. The molecule has 0 radical (unpaired) electrons. The molecule has 0 amide bonds. The van der Waals surface area contributed by atoms with Crippen LogP contribution in [-0.4, -0.2) is 51.2 Å². The van der Waals surface area contributed by atoms with Gasteiger partial charge in [-0.05, 0) is 61.7 Å². The van der Waals surface area contributed by atoms with E-state index in [1.54, 1.807) is 0 Å². The lowest BCUT2D eigenvalue weighted by molar-refractivity contribution is -0.185. The van der Waals surface area contributed by atoms with Crippen LogP contribution >= 0.6 is 11.6 Å². The van der Waals surface area contributed by atoms with Gasteiger partial charge < -0.3 is 20.1 Å². The number of halogens is 1. The lowest BCUT2D eigenvalue weighted by Crippen LogP contribution is -2.56. The molecule has 2 saturated carbocycles. The highest BCUT2D eigenvalue weighted by Crippen LogP contribution is 2.66. The van der Waals surface area contributed by atoms with Crippen LogP contribution in [0.1, 0.15) is 66.2 Å². The summed E-state index contributed by atoms with van der Waals surface area (Å²) >= 11 is 6.17. The van der Waals surface area contributed by atoms with Crippen LogP contribution in [0.15, 0.2) is 0 Å². The average molecular weight is 375 g/mol. The minimum absolute atomic E-state index is 0.181. The van der Waals surface area contributed by atoms with Gasteiger partial charge in [0, 0.05) is 0 Å². The van der Waals surface area contributed by atoms with E-state index in [1.165, 1.54) is 19.3 Å². The Labute approximate surface area is 156 Å². The first-order valence-electron chi connectivity index (χ1n) is 9.79. The monoisotopic (exact) mass is 374 g/mol. The molecule has 0 aromatic carbocycles. The van der Waals surface area contributed by atoms with Gasteiger partial charge in [-0.25, -0.2) is 0 Å². The number of rotatable bonds is 4. The van der Waals surface area contributed by atoms with Gasteiger partial charge in [0.25, 0.3) is 0 Å². The number of alkyl halides is 1. The molecule has 146 valence electrons. The smallest absolute Gasteiger partial charge is 0.132 e. The molecular weight excluding hydrogens is 340 g/mol. The SMILES string of the molecule is CC1(C)CCCC2(C)C1CCC1(C)OC(C(O)(CO)C(Cl)CO)CC12. The average Bonchev–Trinajstić information content (AvgIpc) is 2.92. The Morgan fingerprint density at radius 2 is 1.80 bits per heavy atom. The number of fused-ring (bicyclic) bond motifs is 3. The lowest BCUT2D eigenvalue weighted by Gasteiger charge is -2.60. The predicted octanol–water partition coefficient (Wildman–Crippen LogP) is 3.10. The number of hydrogen-bond acceptors (Lipinski definition) is 4. The van der Waals surface area contributed by atoms with E-state index in [2.05, 4.69) is 27.7 Å². The summed E-state index contributed by atoms with van der Waals surface area (Å²) < 4.78 is 6.41. The molecule has 0 aromatic heterocycles. The molecule has 2 aliphatic carbocycles. The summed E-state index contributed by atoms with van der Waals surface area (Å²) in [5.74, 6) is 0.991. The maximum Gasteiger partial charge on any atom is 0.132 e. The van der Waals surface area contributed by atoms with Gasteiger partial charge in [-0.2, -0.15) is 0 Å². The molecule has 4 nitrogen and oxygen atoms in total. The zero-order chi connectivity index (χ0) is 18.7. The van der Waals surface area contributed by atoms with Gasteiger partial charge in [-0.3, -0.25) is 0 Å². The van der Waals surface area contributed by atoms with Crippen molar-refractivity contribution < 1.29 is 20.1 Å². The van der Waals surface area contributed by atoms with Crippen molar-refractivity contribution in [1.82, 2.24) is 0 Å². The fourth-order valence-corrected chi connectivity index (χ4v) is 6.93. The highest BCUT2D eigenvalue weighted by atomic mass is 35.5. The molecule has 1 saturated heterocycles. The number of hydrogen-bond donors (Lipinski definition) is 3. The van der Waals surface area contributed by atoms with Gasteiger partial charge >= 0.3 is 0 Å². The van der Waals surface area contributed by atoms with Gasteiger partial charge in [-0.15, -0.1) is 11.6 Å². The van der Waals surface area contributed by atoms with Gasteiger partial charge in [0.1, 0.15) is 5.60 Å². The Bertz CT molecular complexity index is 512. The van der Waals surface area contributed by atoms with Crippen LogP contribution in [0.4, 0.5) is 0 Å². The third-order valence-corrected chi connectivity index (χ3v) is 8.63. The van der Waals surface area contributed by atoms with Crippen LogP contribution in [0.25, 0.3) is 0 Å². The third-order valence-electron chi connectivity index (χ3n) is 8.11. The van der Waals surface area contributed by atoms with Gasteiger partial charge in [0.05, 0.1) is 30.3 Å². The fourth-order valence-electron chi connectivity index (χ4n) is 6.72. The van der Waals surface area contributed by atoms with Crippen molar-refractivity contribution in [1.29, 1.82) is 0 Å². The van der Waals surface area contributed by atoms with Crippen LogP contribution in [0.2, 0.25) is 0 Å². The first kappa shape index (κ1) is 19.9. The summed E-state index contributed by atoms with van der Waals surface area (Å²) in [4.78, 5) is 0. The maximum atomic E-state index is 11.0. The molecule has 0 spiro atoms. The van der Waals surface area contributed by atoms with Gasteiger partial charge in [-0.1, -0.05) is 27.2 Å². The van der Waals surface area contributed by atoms with Crippen molar-refractivity contribution in [3.63, 3.8) is 0 Å². The molecule has 5 heteroatoms. The molecule has 0 aromatic rings. The summed E-state index contributed by atoms with van der Waals surface area (Å²) in [6.45, 7) is 8.49. The Morgan fingerprint density at radius 1 is 1.12 bits per heavy atom. The Balaban J connectivity index is 1.92. The Kier molecular flexibility index (Phi) is 5.04. The fraction of sp³-hybridized carbons (Fsp3) is 1.00. The summed E-state index contributed by atoms with van der Waals surface area (Å²) in [5, 5.41) is 29.3. The summed E-state index contributed by atoms with van der Waals surface area (Å²) in [6, 6.07) is 0. The maximum absolute atomic E-state index is 11.0. The second-order valence-electron chi connectivity index (χ2n) is 9.95. The van der Waals surface area contributed by atoms with Gasteiger partial charge in [0.15, 0.2) is 0 Å². The normalized spacial score (nSPS) is 46.8. The van der Waals surface area contributed by atoms with Crippen molar-refractivity contribution in [3.8, 4) is 0 Å². The highest BCUT2D eigenvalue weighted by Gasteiger charge is 2.64. The van der Waals surface area contributed by atoms with E-state index in [-0.39, 0.29) is 17.6 Å². The van der Waals surface area contributed by atoms with Gasteiger partial charge in [0.2, 0.25) is 0 Å². The first-order valence-corrected chi connectivity index (χ1v) is 10.2. The van der Waals surface area contributed by atoms with Crippen LogP contribution < -0.4 is 0 Å². The molecule has 1 heterocycles. The van der Waals surface area contributed by atoms with Crippen molar-refractivity contribution in [3.05, 3.63) is 0 Å². The van der Waals surface area contributed by atoms with Crippen molar-refractivity contribution >= 4 is 11.6 Å². The van der Waals surface area contributed by atoms with E-state index in [4.69, 9.17) is 16.3 Å². The van der Waals surface area contributed by atoms with Crippen LogP contribution in [0.5, 0.6) is 0 Å². The van der Waals surface area contributed by atoms with Crippen molar-refractivity contribution in [2.75, 3.05) is 13.2 Å². The highest BCUT2D eigenvalue weighted by molar-refractivity contribution is 6.21. The summed E-state index contributed by atoms with van der Waals surface area (Å²) in [5.41, 5.74) is -1.38. The molecule has 3 aliphatic rings. The molecule has 3 rings (SSSR count). The van der Waals surface area contributed by atoms with Crippen molar-refractivity contribution in [2.45, 2.75) is 88.9 Å². The quantitative estimate of drug-likeness (QED) is 0.661. The van der Waals surface area contributed by atoms with E-state index < -0.39 is 23.7 Å². The second-order valence-corrected chi connectivity index (χ2v) is 10.5. The molecule has 25 heavy (non-hydrogen) atoms. The minimum atomic E-state index is -1.60. The number of aliphatic hydroxyl groups is 3. The zero-order valence-corrected chi connectivity index (χ0v) is 16.9. The standard InChI is InChI=1S/C20H35ClO4/c1-17(2)7-5-8-18(3)13(17)6-9-19(4)14(18)10-16(25-19)20(24,12-23)15(21)11-22/h13-16,22-24H,5-12H2,1-4H3. The zero-order valence-electron chi connectivity index (χ0n) is 16.1. The van der Waals surface area contributed by atoms with Crippen LogP contribution in [0.3, 0.4) is 0 Å². The lowest BCUT2D eigenvalue weighted by atomic mass is 9.45. The van der Waals surface area contributed by atoms with E-state index in [1.807, 2.05) is 0 Å². The topological polar surface area (TPSA) is 69.9 Å². The largest absolute Gasteiger partial charge is 0.395 e. The third kappa shape index (κ3) is 2.87. The van der Waals surface area contributed by atoms with Crippen molar-refractivity contribution in [2.24, 2.45) is 22.7 Å². The molecule has 3 fully saturated rings. The molecule has 1 aliphatic heterocycles. The first-order chi connectivity index (χ1) is 11.5. The molecule has 7 unspecified atom stereocenters. The van der Waals surface area contributed by atoms with E-state index >= 15 is 0 Å². The summed E-state index contributed by atoms with van der Waals surface area (Å²) in [7, 11) is 0. The Morgan fingerprint density at radius 3 is 2.40 bits per heavy atom. The van der Waals surface area contributed by atoms with E-state index in [0.717, 1.165) is 12.8 Å². The minimum Gasteiger partial charge on any atom is -0.395 e. The molecule has 7 atom stereocenters. The molecule has 0 bridgehead atoms. The number of aliphatic hydroxyl groups excluding tert-OH is 2. The van der Waals surface area contributed by atoms with E-state index in [9.17, 15) is 15.3 Å². The predicted molar refractivity (Wildman–Crippen MR) is 98.6 cm³/mol. The van der Waals surface area contributed by atoms with E-state index in [0.29, 0.717) is 23.7 Å². The molecule has 3 N–H and O–H groups in total.